The van der Waals surface area contributed by atoms with Gasteiger partial charge >= 0.3 is 11.9 Å². The third-order valence-electron chi connectivity index (χ3n) is 4.21. The van der Waals surface area contributed by atoms with Gasteiger partial charge in [0.2, 0.25) is 0 Å². The molecule has 0 unspecified atom stereocenters. The van der Waals surface area contributed by atoms with Crippen molar-refractivity contribution in [1.29, 1.82) is 5.26 Å². The number of hydrogen-bond acceptors (Lipinski definition) is 6. The molecule has 1 heterocycles. The zero-order valence-electron chi connectivity index (χ0n) is 15.0. The predicted molar refractivity (Wildman–Crippen MR) is 96.7 cm³/mol. The Morgan fingerprint density at radius 1 is 1.30 bits per heavy atom. The van der Waals surface area contributed by atoms with Crippen molar-refractivity contribution in [2.75, 3.05) is 25.0 Å². The van der Waals surface area contributed by atoms with E-state index in [1.54, 1.807) is 24.0 Å². The Hall–Kier alpha value is -3.34. The van der Waals surface area contributed by atoms with Crippen LogP contribution in [0.15, 0.2) is 36.0 Å². The number of rotatable bonds is 6. The second-order valence-electron chi connectivity index (χ2n) is 6.06. The Morgan fingerprint density at radius 3 is 2.44 bits per heavy atom. The van der Waals surface area contributed by atoms with Crippen LogP contribution in [0.4, 0.5) is 5.69 Å². The SMILES string of the molecule is CCOC(=O)c1ccc(NC(=O)/C(C#N)=C\N2CCC(C(=O)O)CC2)cc1. The molecule has 142 valence electrons. The van der Waals surface area contributed by atoms with Crippen molar-refractivity contribution < 1.29 is 24.2 Å². The highest BCUT2D eigenvalue weighted by Gasteiger charge is 2.24. The van der Waals surface area contributed by atoms with Crippen LogP contribution in [0.25, 0.3) is 0 Å². The molecule has 0 aliphatic carbocycles. The Bertz CT molecular complexity index is 772. The number of carboxylic acids is 1. The minimum Gasteiger partial charge on any atom is -0.481 e. The maximum absolute atomic E-state index is 12.3. The summed E-state index contributed by atoms with van der Waals surface area (Å²) >= 11 is 0. The molecule has 0 aromatic heterocycles. The van der Waals surface area contributed by atoms with Crippen LogP contribution in [0.3, 0.4) is 0 Å². The number of esters is 1. The summed E-state index contributed by atoms with van der Waals surface area (Å²) in [5.74, 6) is -2.21. The minimum absolute atomic E-state index is 0.0711. The van der Waals surface area contributed by atoms with Gasteiger partial charge in [-0.2, -0.15) is 5.26 Å². The molecule has 1 amide bonds. The first kappa shape index (κ1) is 20.0. The van der Waals surface area contributed by atoms with Gasteiger partial charge in [0, 0.05) is 25.0 Å². The largest absolute Gasteiger partial charge is 0.481 e. The number of carbonyl (C=O) groups is 3. The number of nitrogens with one attached hydrogen (secondary N) is 1. The van der Waals surface area contributed by atoms with E-state index in [0.717, 1.165) is 0 Å². The van der Waals surface area contributed by atoms with Crippen molar-refractivity contribution in [2.45, 2.75) is 19.8 Å². The lowest BCUT2D eigenvalue weighted by molar-refractivity contribution is -0.143. The molecule has 1 fully saturated rings. The van der Waals surface area contributed by atoms with E-state index in [2.05, 4.69) is 5.32 Å². The fourth-order valence-corrected chi connectivity index (χ4v) is 2.70. The molecular weight excluding hydrogens is 350 g/mol. The number of piperidine rings is 1. The Labute approximate surface area is 157 Å². The number of amides is 1. The molecule has 1 aromatic rings. The molecule has 1 aliphatic heterocycles. The second-order valence-corrected chi connectivity index (χ2v) is 6.06. The van der Waals surface area contributed by atoms with Gasteiger partial charge in [0.25, 0.3) is 5.91 Å². The molecule has 0 saturated carbocycles. The van der Waals surface area contributed by atoms with Gasteiger partial charge in [-0.15, -0.1) is 0 Å². The number of hydrogen-bond donors (Lipinski definition) is 2. The van der Waals surface area contributed by atoms with Gasteiger partial charge in [0.05, 0.1) is 18.1 Å². The summed E-state index contributed by atoms with van der Waals surface area (Å²) in [6.07, 6.45) is 2.41. The molecule has 0 radical (unpaired) electrons. The number of ether oxygens (including phenoxy) is 1. The maximum Gasteiger partial charge on any atom is 0.338 e. The minimum atomic E-state index is -0.817. The molecule has 1 aromatic carbocycles. The Morgan fingerprint density at radius 2 is 1.93 bits per heavy atom. The summed E-state index contributed by atoms with van der Waals surface area (Å²) in [4.78, 5) is 36.7. The third-order valence-corrected chi connectivity index (χ3v) is 4.21. The van der Waals surface area contributed by atoms with E-state index in [0.29, 0.717) is 37.2 Å². The van der Waals surface area contributed by atoms with Gasteiger partial charge in [-0.1, -0.05) is 0 Å². The number of nitrogens with zero attached hydrogens (tertiary/aromatic N) is 2. The van der Waals surface area contributed by atoms with Crippen LogP contribution in [-0.4, -0.2) is 47.5 Å². The van der Waals surface area contributed by atoms with Crippen LogP contribution in [0.2, 0.25) is 0 Å². The molecule has 8 nitrogen and oxygen atoms in total. The summed E-state index contributed by atoms with van der Waals surface area (Å²) in [7, 11) is 0. The first-order valence-corrected chi connectivity index (χ1v) is 8.62. The van der Waals surface area contributed by atoms with Crippen molar-refractivity contribution in [3.05, 3.63) is 41.6 Å². The van der Waals surface area contributed by atoms with E-state index in [4.69, 9.17) is 9.84 Å². The fraction of sp³-hybridized carbons (Fsp3) is 0.368. The van der Waals surface area contributed by atoms with E-state index >= 15 is 0 Å². The van der Waals surface area contributed by atoms with Gasteiger partial charge < -0.3 is 20.1 Å². The van der Waals surface area contributed by atoms with E-state index in [-0.39, 0.29) is 18.1 Å². The van der Waals surface area contributed by atoms with E-state index in [1.807, 2.05) is 6.07 Å². The normalized spacial score (nSPS) is 15.0. The van der Waals surface area contributed by atoms with Gasteiger partial charge in [-0.05, 0) is 44.0 Å². The molecule has 8 heteroatoms. The molecule has 2 N–H and O–H groups in total. The van der Waals surface area contributed by atoms with Gasteiger partial charge in [-0.25, -0.2) is 4.79 Å². The summed E-state index contributed by atoms with van der Waals surface area (Å²) in [6, 6.07) is 8.03. The molecule has 1 aliphatic rings. The van der Waals surface area contributed by atoms with Crippen LogP contribution >= 0.6 is 0 Å². The number of nitriles is 1. The molecule has 0 bridgehead atoms. The highest BCUT2D eigenvalue weighted by molar-refractivity contribution is 6.06. The molecule has 2 rings (SSSR count). The van der Waals surface area contributed by atoms with E-state index < -0.39 is 17.8 Å². The Balaban J connectivity index is 1.98. The summed E-state index contributed by atoms with van der Waals surface area (Å²) < 4.78 is 4.89. The zero-order valence-corrected chi connectivity index (χ0v) is 15.0. The van der Waals surface area contributed by atoms with E-state index in [9.17, 15) is 19.6 Å². The topological polar surface area (TPSA) is 120 Å². The van der Waals surface area contributed by atoms with Gasteiger partial charge in [0.15, 0.2) is 0 Å². The zero-order chi connectivity index (χ0) is 19.8. The Kier molecular flexibility index (Phi) is 6.94. The fourth-order valence-electron chi connectivity index (χ4n) is 2.70. The highest BCUT2D eigenvalue weighted by atomic mass is 16.5. The standard InChI is InChI=1S/C19H21N3O5/c1-2-27-19(26)14-3-5-16(6-4-14)21-17(23)15(11-20)12-22-9-7-13(8-10-22)18(24)25/h3-6,12-13H,2,7-10H2,1H3,(H,21,23)(H,24,25)/b15-12-. The van der Waals surface area contributed by atoms with Crippen molar-refractivity contribution >= 4 is 23.5 Å². The molecule has 0 spiro atoms. The maximum atomic E-state index is 12.3. The van der Waals surface area contributed by atoms with Crippen LogP contribution in [0.1, 0.15) is 30.1 Å². The average molecular weight is 371 g/mol. The number of anilines is 1. The summed E-state index contributed by atoms with van der Waals surface area (Å²) in [6.45, 7) is 2.94. The van der Waals surface area contributed by atoms with Crippen LogP contribution < -0.4 is 5.32 Å². The number of likely N-dealkylation sites (tertiary alicyclic amines) is 1. The van der Waals surface area contributed by atoms with Crippen LogP contribution in [0, 0.1) is 17.2 Å². The monoisotopic (exact) mass is 371 g/mol. The number of carbonyl (C=O) groups excluding carboxylic acids is 2. The summed E-state index contributed by atoms with van der Waals surface area (Å²) in [5.41, 5.74) is 0.740. The average Bonchev–Trinajstić information content (AvgIpc) is 2.67. The highest BCUT2D eigenvalue weighted by Crippen LogP contribution is 2.18. The molecule has 0 atom stereocenters. The summed E-state index contributed by atoms with van der Waals surface area (Å²) in [5, 5.41) is 20.9. The first-order valence-electron chi connectivity index (χ1n) is 8.62. The second kappa shape index (κ2) is 9.38. The molecular formula is C19H21N3O5. The van der Waals surface area contributed by atoms with Crippen molar-refractivity contribution in [2.24, 2.45) is 5.92 Å². The smallest absolute Gasteiger partial charge is 0.338 e. The van der Waals surface area contributed by atoms with Gasteiger partial charge in [-0.3, -0.25) is 9.59 Å². The van der Waals surface area contributed by atoms with Crippen molar-refractivity contribution in [3.63, 3.8) is 0 Å². The van der Waals surface area contributed by atoms with Crippen LogP contribution in [-0.2, 0) is 14.3 Å². The third kappa shape index (κ3) is 5.57. The van der Waals surface area contributed by atoms with Crippen LogP contribution in [0.5, 0.6) is 0 Å². The lowest BCUT2D eigenvalue weighted by Gasteiger charge is -2.29. The van der Waals surface area contributed by atoms with Crippen molar-refractivity contribution in [3.8, 4) is 6.07 Å². The molecule has 27 heavy (non-hydrogen) atoms. The van der Waals surface area contributed by atoms with Gasteiger partial charge in [0.1, 0.15) is 11.6 Å². The number of benzene rings is 1. The quantitative estimate of drug-likeness (QED) is 0.446. The molecule has 1 saturated heterocycles. The first-order chi connectivity index (χ1) is 12.9. The lowest BCUT2D eigenvalue weighted by Crippen LogP contribution is -2.33. The number of aliphatic carboxylic acids is 1. The van der Waals surface area contributed by atoms with E-state index in [1.165, 1.54) is 18.3 Å². The lowest BCUT2D eigenvalue weighted by atomic mass is 9.97. The number of carboxylic acid groups (broad SMARTS) is 1. The van der Waals surface area contributed by atoms with Crippen molar-refractivity contribution in [1.82, 2.24) is 4.90 Å². The predicted octanol–water partition coefficient (Wildman–Crippen LogP) is 2.01.